The number of carbonyl (C=O) groups excluding carboxylic acids is 2. The number of rotatable bonds is 7. The molecule has 1 heterocycles. The van der Waals surface area contributed by atoms with Crippen LogP contribution in [0.2, 0.25) is 0 Å². The minimum Gasteiger partial charge on any atom is -0.480 e. The highest BCUT2D eigenvalue weighted by Gasteiger charge is 2.33. The average molecular weight is 303 g/mol. The second-order valence-electron chi connectivity index (χ2n) is 4.96. The third-order valence-corrected chi connectivity index (χ3v) is 4.64. The van der Waals surface area contributed by atoms with Crippen LogP contribution in [0.15, 0.2) is 0 Å². The fraction of sp³-hybridized carbons (Fsp3) is 0.769. The predicted molar refractivity (Wildman–Crippen MR) is 75.6 cm³/mol. The van der Waals surface area contributed by atoms with Gasteiger partial charge in [-0.15, -0.1) is 0 Å². The number of nitrogens with zero attached hydrogens (tertiary/aromatic N) is 1. The zero-order valence-electron chi connectivity index (χ0n) is 11.7. The van der Waals surface area contributed by atoms with Gasteiger partial charge in [-0.2, -0.15) is 11.8 Å². The van der Waals surface area contributed by atoms with E-state index >= 15 is 0 Å². The molecule has 1 rings (SSSR count). The summed E-state index contributed by atoms with van der Waals surface area (Å²) in [5.41, 5.74) is 0. The molecule has 0 aromatic heterocycles. The number of amides is 1. The first-order chi connectivity index (χ1) is 9.34. The third kappa shape index (κ3) is 4.49. The molecule has 1 amide bonds. The van der Waals surface area contributed by atoms with E-state index in [0.29, 0.717) is 18.7 Å². The van der Waals surface area contributed by atoms with E-state index in [0.717, 1.165) is 6.42 Å². The van der Waals surface area contributed by atoms with E-state index < -0.39 is 18.1 Å². The molecule has 20 heavy (non-hydrogen) atoms. The standard InChI is InChI=1S/C13H21NO5S/c1-8(15)12(17)9(2)20-7-5-11(16)14-6-3-4-10(14)13(18)19/h9-10,12,17H,3-7H2,1-2H3,(H,18,19)/t9?,10-,12?/m0/s1. The fourth-order valence-corrected chi connectivity index (χ4v) is 3.26. The van der Waals surface area contributed by atoms with Gasteiger partial charge in [0.15, 0.2) is 5.78 Å². The Morgan fingerprint density at radius 1 is 1.40 bits per heavy atom. The Morgan fingerprint density at radius 2 is 2.05 bits per heavy atom. The van der Waals surface area contributed by atoms with Gasteiger partial charge in [-0.1, -0.05) is 6.92 Å². The van der Waals surface area contributed by atoms with Gasteiger partial charge in [-0.3, -0.25) is 9.59 Å². The number of aliphatic hydroxyl groups is 1. The number of hydrogen-bond donors (Lipinski definition) is 2. The minimum absolute atomic E-state index is 0.174. The molecular weight excluding hydrogens is 282 g/mol. The van der Waals surface area contributed by atoms with Gasteiger partial charge in [0.1, 0.15) is 12.1 Å². The number of carboxylic acid groups (broad SMARTS) is 1. The second kappa shape index (κ2) is 7.64. The highest BCUT2D eigenvalue weighted by Crippen LogP contribution is 2.21. The van der Waals surface area contributed by atoms with Crippen molar-refractivity contribution in [3.05, 3.63) is 0 Å². The zero-order valence-corrected chi connectivity index (χ0v) is 12.6. The predicted octanol–water partition coefficient (Wildman–Crippen LogP) is 0.524. The van der Waals surface area contributed by atoms with Crippen molar-refractivity contribution >= 4 is 29.4 Å². The molecule has 0 aromatic rings. The number of aliphatic hydroxyl groups excluding tert-OH is 1. The Hall–Kier alpha value is -1.08. The first kappa shape index (κ1) is 17.0. The number of carbonyl (C=O) groups is 3. The fourth-order valence-electron chi connectivity index (χ4n) is 2.22. The van der Waals surface area contributed by atoms with Crippen molar-refractivity contribution in [2.24, 2.45) is 0 Å². The van der Waals surface area contributed by atoms with E-state index in [4.69, 9.17) is 5.11 Å². The highest BCUT2D eigenvalue weighted by atomic mass is 32.2. The maximum Gasteiger partial charge on any atom is 0.326 e. The largest absolute Gasteiger partial charge is 0.480 e. The molecule has 7 heteroatoms. The van der Waals surface area contributed by atoms with Crippen molar-refractivity contribution in [1.29, 1.82) is 0 Å². The van der Waals surface area contributed by atoms with Crippen molar-refractivity contribution < 1.29 is 24.6 Å². The molecular formula is C13H21NO5S. The number of ketones is 1. The summed E-state index contributed by atoms with van der Waals surface area (Å²) in [6.07, 6.45) is 0.431. The highest BCUT2D eigenvalue weighted by molar-refractivity contribution is 7.99. The molecule has 0 saturated carbocycles. The first-order valence-corrected chi connectivity index (χ1v) is 7.72. The quantitative estimate of drug-likeness (QED) is 0.712. The summed E-state index contributed by atoms with van der Waals surface area (Å²) < 4.78 is 0. The lowest BCUT2D eigenvalue weighted by Crippen LogP contribution is -2.40. The van der Waals surface area contributed by atoms with Crippen molar-refractivity contribution in [2.45, 2.75) is 50.5 Å². The molecule has 1 aliphatic rings. The maximum atomic E-state index is 12.0. The lowest BCUT2D eigenvalue weighted by atomic mass is 10.2. The lowest BCUT2D eigenvalue weighted by molar-refractivity contribution is -0.148. The van der Waals surface area contributed by atoms with Gasteiger partial charge in [0.2, 0.25) is 5.91 Å². The molecule has 1 saturated heterocycles. The molecule has 3 atom stereocenters. The zero-order chi connectivity index (χ0) is 15.3. The Morgan fingerprint density at radius 3 is 2.60 bits per heavy atom. The lowest BCUT2D eigenvalue weighted by Gasteiger charge is -2.22. The Labute approximate surface area is 122 Å². The van der Waals surface area contributed by atoms with Gasteiger partial charge in [0, 0.05) is 24.0 Å². The normalized spacial score (nSPS) is 21.6. The van der Waals surface area contributed by atoms with E-state index in [2.05, 4.69) is 0 Å². The first-order valence-electron chi connectivity index (χ1n) is 6.67. The van der Waals surface area contributed by atoms with Crippen LogP contribution in [0.25, 0.3) is 0 Å². The SMILES string of the molecule is CC(=O)C(O)C(C)SCCC(=O)N1CCC[C@H]1C(=O)O. The Kier molecular flexibility index (Phi) is 6.48. The van der Waals surface area contributed by atoms with Crippen LogP contribution in [-0.4, -0.2) is 62.5 Å². The van der Waals surface area contributed by atoms with E-state index in [1.807, 2.05) is 0 Å². The van der Waals surface area contributed by atoms with Gasteiger partial charge in [-0.05, 0) is 19.8 Å². The summed E-state index contributed by atoms with van der Waals surface area (Å²) in [6, 6.07) is -0.701. The number of likely N-dealkylation sites (tertiary alicyclic amines) is 1. The van der Waals surface area contributed by atoms with Crippen LogP contribution in [0, 0.1) is 0 Å². The van der Waals surface area contributed by atoms with E-state index in [9.17, 15) is 19.5 Å². The molecule has 0 spiro atoms. The molecule has 0 radical (unpaired) electrons. The summed E-state index contributed by atoms with van der Waals surface area (Å²) >= 11 is 1.34. The van der Waals surface area contributed by atoms with Crippen LogP contribution in [-0.2, 0) is 14.4 Å². The monoisotopic (exact) mass is 303 g/mol. The molecule has 2 unspecified atom stereocenters. The van der Waals surface area contributed by atoms with E-state index in [1.165, 1.54) is 23.6 Å². The Bertz CT molecular complexity index is 387. The summed E-state index contributed by atoms with van der Waals surface area (Å²) in [7, 11) is 0. The molecule has 1 fully saturated rings. The van der Waals surface area contributed by atoms with Gasteiger partial charge in [0.25, 0.3) is 0 Å². The molecule has 2 N–H and O–H groups in total. The topological polar surface area (TPSA) is 94.9 Å². The number of hydrogen-bond acceptors (Lipinski definition) is 5. The summed E-state index contributed by atoms with van der Waals surface area (Å²) in [5, 5.41) is 18.3. The third-order valence-electron chi connectivity index (χ3n) is 3.42. The van der Waals surface area contributed by atoms with Crippen LogP contribution < -0.4 is 0 Å². The summed E-state index contributed by atoms with van der Waals surface area (Å²) in [6.45, 7) is 3.55. The average Bonchev–Trinajstić information content (AvgIpc) is 2.86. The maximum absolute atomic E-state index is 12.0. The van der Waals surface area contributed by atoms with Gasteiger partial charge >= 0.3 is 5.97 Å². The molecule has 6 nitrogen and oxygen atoms in total. The Balaban J connectivity index is 2.37. The van der Waals surface area contributed by atoms with E-state index in [-0.39, 0.29) is 23.4 Å². The van der Waals surface area contributed by atoms with Crippen LogP contribution in [0.1, 0.15) is 33.1 Å². The van der Waals surface area contributed by atoms with E-state index in [1.54, 1.807) is 6.92 Å². The smallest absolute Gasteiger partial charge is 0.326 e. The van der Waals surface area contributed by atoms with Crippen LogP contribution in [0.4, 0.5) is 0 Å². The number of Topliss-reactive ketones (excluding diaryl/α,β-unsaturated/α-hetero) is 1. The van der Waals surface area contributed by atoms with Gasteiger partial charge in [0.05, 0.1) is 0 Å². The van der Waals surface area contributed by atoms with Crippen molar-refractivity contribution in [1.82, 2.24) is 4.90 Å². The van der Waals surface area contributed by atoms with Crippen molar-refractivity contribution in [3.63, 3.8) is 0 Å². The molecule has 0 bridgehead atoms. The van der Waals surface area contributed by atoms with Gasteiger partial charge < -0.3 is 15.1 Å². The van der Waals surface area contributed by atoms with Crippen LogP contribution in [0.3, 0.4) is 0 Å². The minimum atomic E-state index is -1.02. The van der Waals surface area contributed by atoms with Crippen LogP contribution in [0.5, 0.6) is 0 Å². The second-order valence-corrected chi connectivity index (χ2v) is 6.45. The van der Waals surface area contributed by atoms with Crippen molar-refractivity contribution in [2.75, 3.05) is 12.3 Å². The van der Waals surface area contributed by atoms with Gasteiger partial charge in [-0.25, -0.2) is 4.79 Å². The number of carboxylic acids is 1. The molecule has 0 aromatic carbocycles. The summed E-state index contributed by atoms with van der Waals surface area (Å²) in [5.74, 6) is -0.953. The molecule has 0 aliphatic carbocycles. The number of aliphatic carboxylic acids is 1. The molecule has 1 aliphatic heterocycles. The van der Waals surface area contributed by atoms with Crippen LogP contribution >= 0.6 is 11.8 Å². The molecule has 114 valence electrons. The number of thioether (sulfide) groups is 1. The summed E-state index contributed by atoms with van der Waals surface area (Å²) in [4.78, 5) is 35.4. The van der Waals surface area contributed by atoms with Crippen molar-refractivity contribution in [3.8, 4) is 0 Å².